The van der Waals surface area contributed by atoms with E-state index < -0.39 is 58.6 Å². The molecule has 0 heterocycles. The Morgan fingerprint density at radius 3 is 2.53 bits per heavy atom. The topological polar surface area (TPSA) is 145 Å². The molecule has 0 aliphatic heterocycles. The molecule has 0 aromatic carbocycles. The Kier molecular flexibility index (Phi) is 5.14. The van der Waals surface area contributed by atoms with Crippen LogP contribution in [0.1, 0.15) is 58.8 Å². The molecule has 4 fully saturated rings. The van der Waals surface area contributed by atoms with Crippen LogP contribution in [0, 0.1) is 28.6 Å². The van der Waals surface area contributed by atoms with Gasteiger partial charge in [-0.15, -0.1) is 0 Å². The van der Waals surface area contributed by atoms with E-state index in [1.807, 2.05) is 6.92 Å². The average Bonchev–Trinajstić information content (AvgIpc) is 2.92. The summed E-state index contributed by atoms with van der Waals surface area (Å²) in [6, 6.07) is 0. The highest BCUT2D eigenvalue weighted by atomic mass is 16.5. The van der Waals surface area contributed by atoms with Crippen molar-refractivity contribution in [1.82, 2.24) is 0 Å². The lowest BCUT2D eigenvalue weighted by Crippen LogP contribution is -2.75. The fraction of sp³-hybridized carbons (Fsp3) is 0.909. The van der Waals surface area contributed by atoms with Crippen LogP contribution in [-0.2, 0) is 14.3 Å². The molecule has 0 aromatic heterocycles. The Hall–Kier alpha value is -1.06. The smallest absolute Gasteiger partial charge is 0.309 e. The third-order valence-electron chi connectivity index (χ3n) is 9.33. The standard InChI is InChI=1S/C22H34O8/c1-3-30-18(27)14-5-7-22(29)13-4-6-20(28)9-12(24)8-16(26)21(20,11-23)17(13)15(25)10-19(14,22)2/h13-17,23,25-26,28-29H,3-11H2,1-2H3/t13-,14-,15+,16-,17-,19+,20+,21+,22-/m0/s1. The molecule has 0 spiro atoms. The third kappa shape index (κ3) is 2.51. The van der Waals surface area contributed by atoms with Gasteiger partial charge in [-0.3, -0.25) is 9.59 Å². The minimum atomic E-state index is -1.64. The Labute approximate surface area is 176 Å². The van der Waals surface area contributed by atoms with Gasteiger partial charge < -0.3 is 30.3 Å². The second kappa shape index (κ2) is 6.97. The van der Waals surface area contributed by atoms with Gasteiger partial charge in [0, 0.05) is 24.2 Å². The summed E-state index contributed by atoms with van der Waals surface area (Å²) in [7, 11) is 0. The highest BCUT2D eigenvalue weighted by Crippen LogP contribution is 2.69. The summed E-state index contributed by atoms with van der Waals surface area (Å²) in [5.74, 6) is -2.52. The molecule has 5 N–H and O–H groups in total. The number of hydrogen-bond acceptors (Lipinski definition) is 8. The van der Waals surface area contributed by atoms with Crippen molar-refractivity contribution in [2.24, 2.45) is 28.6 Å². The molecule has 8 nitrogen and oxygen atoms in total. The summed E-state index contributed by atoms with van der Waals surface area (Å²) in [6.07, 6.45) is -1.42. The molecule has 30 heavy (non-hydrogen) atoms. The minimum absolute atomic E-state index is 0.0899. The number of hydrogen-bond donors (Lipinski definition) is 5. The lowest BCUT2D eigenvalue weighted by atomic mass is 9.40. The van der Waals surface area contributed by atoms with E-state index >= 15 is 0 Å². The molecule has 4 aliphatic rings. The van der Waals surface area contributed by atoms with Crippen molar-refractivity contribution in [3.8, 4) is 0 Å². The van der Waals surface area contributed by atoms with E-state index in [4.69, 9.17) is 4.74 Å². The molecule has 4 aliphatic carbocycles. The van der Waals surface area contributed by atoms with Crippen molar-refractivity contribution in [1.29, 1.82) is 0 Å². The number of rotatable bonds is 3. The van der Waals surface area contributed by atoms with Gasteiger partial charge in [-0.1, -0.05) is 6.92 Å². The quantitative estimate of drug-likeness (QED) is 0.394. The molecular weight excluding hydrogens is 392 g/mol. The van der Waals surface area contributed by atoms with Gasteiger partial charge in [-0.05, 0) is 44.9 Å². The molecule has 0 unspecified atom stereocenters. The maximum absolute atomic E-state index is 12.6. The Bertz CT molecular complexity index is 741. The van der Waals surface area contributed by atoms with Gasteiger partial charge in [0.1, 0.15) is 5.78 Å². The second-order valence-corrected chi connectivity index (χ2v) is 10.3. The number of fused-ring (bicyclic) bond motifs is 5. The van der Waals surface area contributed by atoms with Crippen molar-refractivity contribution in [2.75, 3.05) is 13.2 Å². The first-order valence-electron chi connectivity index (χ1n) is 11.1. The largest absolute Gasteiger partial charge is 0.466 e. The first kappa shape index (κ1) is 22.1. The van der Waals surface area contributed by atoms with E-state index in [1.54, 1.807) is 6.92 Å². The Morgan fingerprint density at radius 1 is 1.20 bits per heavy atom. The molecule has 9 atom stereocenters. The summed E-state index contributed by atoms with van der Waals surface area (Å²) < 4.78 is 5.24. The molecule has 4 saturated carbocycles. The van der Waals surface area contributed by atoms with Crippen LogP contribution in [0.15, 0.2) is 0 Å². The monoisotopic (exact) mass is 426 g/mol. The maximum atomic E-state index is 12.6. The minimum Gasteiger partial charge on any atom is -0.466 e. The van der Waals surface area contributed by atoms with Gasteiger partial charge >= 0.3 is 5.97 Å². The number of Topliss-reactive ketones (excluding diaryl/α,β-unsaturated/α-hetero) is 1. The number of aliphatic hydroxyl groups is 5. The van der Waals surface area contributed by atoms with Crippen LogP contribution >= 0.6 is 0 Å². The highest BCUT2D eigenvalue weighted by molar-refractivity contribution is 5.81. The van der Waals surface area contributed by atoms with Crippen molar-refractivity contribution in [2.45, 2.75) is 82.2 Å². The van der Waals surface area contributed by atoms with Crippen LogP contribution in [0.25, 0.3) is 0 Å². The summed E-state index contributed by atoms with van der Waals surface area (Å²) in [6.45, 7) is 3.18. The summed E-state index contributed by atoms with van der Waals surface area (Å²) >= 11 is 0. The number of ketones is 1. The van der Waals surface area contributed by atoms with Crippen LogP contribution in [0.4, 0.5) is 0 Å². The highest BCUT2D eigenvalue weighted by Gasteiger charge is 2.75. The lowest BCUT2D eigenvalue weighted by Gasteiger charge is -2.67. The van der Waals surface area contributed by atoms with Crippen LogP contribution in [-0.4, -0.2) is 73.9 Å². The fourth-order valence-corrected chi connectivity index (χ4v) is 7.94. The van der Waals surface area contributed by atoms with Gasteiger partial charge in [-0.25, -0.2) is 0 Å². The van der Waals surface area contributed by atoms with Gasteiger partial charge in [-0.2, -0.15) is 0 Å². The van der Waals surface area contributed by atoms with E-state index in [0.29, 0.717) is 19.3 Å². The van der Waals surface area contributed by atoms with Crippen molar-refractivity contribution < 1.29 is 39.9 Å². The SMILES string of the molecule is CCOC(=O)[C@@H]1CC[C@]2(O)[C@H]3CC[C@@]4(O)CC(=O)C[C@H](O)[C@]4(CO)[C@@H]3[C@H](O)C[C@]12C. The zero-order chi connectivity index (χ0) is 22.1. The Morgan fingerprint density at radius 2 is 1.90 bits per heavy atom. The third-order valence-corrected chi connectivity index (χ3v) is 9.33. The number of carbonyl (C=O) groups is 2. The number of ether oxygens (including phenoxy) is 1. The molecular formula is C22H34O8. The molecule has 0 radical (unpaired) electrons. The second-order valence-electron chi connectivity index (χ2n) is 10.3. The van der Waals surface area contributed by atoms with Crippen LogP contribution in [0.2, 0.25) is 0 Å². The van der Waals surface area contributed by atoms with Crippen LogP contribution < -0.4 is 0 Å². The number of esters is 1. The number of aliphatic hydroxyl groups excluding tert-OH is 3. The van der Waals surface area contributed by atoms with Crippen LogP contribution in [0.5, 0.6) is 0 Å². The van der Waals surface area contributed by atoms with E-state index in [9.17, 15) is 35.1 Å². The van der Waals surface area contributed by atoms with Gasteiger partial charge in [0.05, 0.1) is 48.0 Å². The van der Waals surface area contributed by atoms with E-state index in [2.05, 4.69) is 0 Å². The predicted molar refractivity (Wildman–Crippen MR) is 104 cm³/mol. The first-order chi connectivity index (χ1) is 14.0. The molecule has 170 valence electrons. The maximum Gasteiger partial charge on any atom is 0.309 e. The van der Waals surface area contributed by atoms with E-state index in [0.717, 1.165) is 0 Å². The molecule has 0 amide bonds. The van der Waals surface area contributed by atoms with Gasteiger partial charge in [0.25, 0.3) is 0 Å². The normalized spacial score (nSPS) is 52.9. The molecule has 4 rings (SSSR count). The molecule has 0 saturated heterocycles. The average molecular weight is 427 g/mol. The molecule has 0 aromatic rings. The van der Waals surface area contributed by atoms with E-state index in [1.165, 1.54) is 0 Å². The summed E-state index contributed by atoms with van der Waals surface area (Å²) in [5, 5.41) is 56.1. The van der Waals surface area contributed by atoms with Crippen LogP contribution in [0.3, 0.4) is 0 Å². The predicted octanol–water partition coefficient (Wildman–Crippen LogP) is -0.0787. The molecule has 8 heteroatoms. The fourth-order valence-electron chi connectivity index (χ4n) is 7.94. The first-order valence-corrected chi connectivity index (χ1v) is 11.1. The van der Waals surface area contributed by atoms with E-state index in [-0.39, 0.29) is 44.0 Å². The summed E-state index contributed by atoms with van der Waals surface area (Å²) in [5.41, 5.74) is -5.36. The zero-order valence-electron chi connectivity index (χ0n) is 17.7. The van der Waals surface area contributed by atoms with Gasteiger partial charge in [0.15, 0.2) is 0 Å². The lowest BCUT2D eigenvalue weighted by molar-refractivity contribution is -0.304. The van der Waals surface area contributed by atoms with Crippen molar-refractivity contribution in [3.05, 3.63) is 0 Å². The zero-order valence-corrected chi connectivity index (χ0v) is 17.7. The summed E-state index contributed by atoms with van der Waals surface area (Å²) in [4.78, 5) is 24.8. The Balaban J connectivity index is 1.79. The van der Waals surface area contributed by atoms with Crippen molar-refractivity contribution >= 4 is 11.8 Å². The number of carbonyl (C=O) groups excluding carboxylic acids is 2. The molecule has 0 bridgehead atoms. The van der Waals surface area contributed by atoms with Gasteiger partial charge in [0.2, 0.25) is 0 Å². The van der Waals surface area contributed by atoms with Crippen molar-refractivity contribution in [3.63, 3.8) is 0 Å².